The minimum absolute atomic E-state index is 0.112. The van der Waals surface area contributed by atoms with Gasteiger partial charge in [0, 0.05) is 18.0 Å². The van der Waals surface area contributed by atoms with E-state index in [1.54, 1.807) is 12.4 Å². The van der Waals surface area contributed by atoms with Crippen LogP contribution in [0.4, 0.5) is 0 Å². The Morgan fingerprint density at radius 3 is 2.73 bits per heavy atom. The normalized spacial score (nSPS) is 19.4. The van der Waals surface area contributed by atoms with Gasteiger partial charge in [0.2, 0.25) is 0 Å². The summed E-state index contributed by atoms with van der Waals surface area (Å²) in [4.78, 5) is 6.32. The number of hydrogen-bond acceptors (Lipinski definition) is 3. The van der Waals surface area contributed by atoms with Crippen molar-refractivity contribution in [2.75, 3.05) is 13.1 Å². The third kappa shape index (κ3) is 2.34. The SMILES string of the molecule is N#CC(c1cccnc1)N1CCCCC1. The molecule has 15 heavy (non-hydrogen) atoms. The highest BCUT2D eigenvalue weighted by Gasteiger charge is 2.21. The standard InChI is InChI=1S/C12H15N3/c13-9-12(11-5-4-6-14-10-11)15-7-2-1-3-8-15/h4-6,10,12H,1-3,7-8H2. The molecule has 1 atom stereocenters. The molecular formula is C12H15N3. The predicted molar refractivity (Wildman–Crippen MR) is 58.0 cm³/mol. The van der Waals surface area contributed by atoms with Gasteiger partial charge in [-0.1, -0.05) is 12.5 Å². The fourth-order valence-electron chi connectivity index (χ4n) is 2.08. The first-order valence-electron chi connectivity index (χ1n) is 5.45. The van der Waals surface area contributed by atoms with Crippen molar-refractivity contribution >= 4 is 0 Å². The number of piperidine rings is 1. The zero-order valence-corrected chi connectivity index (χ0v) is 8.76. The zero-order chi connectivity index (χ0) is 10.5. The highest BCUT2D eigenvalue weighted by molar-refractivity contribution is 5.20. The fourth-order valence-corrected chi connectivity index (χ4v) is 2.08. The van der Waals surface area contributed by atoms with E-state index in [0.29, 0.717) is 0 Å². The van der Waals surface area contributed by atoms with Gasteiger partial charge in [0.1, 0.15) is 6.04 Å². The minimum Gasteiger partial charge on any atom is -0.284 e. The van der Waals surface area contributed by atoms with Crippen molar-refractivity contribution in [3.63, 3.8) is 0 Å². The maximum Gasteiger partial charge on any atom is 0.125 e. The van der Waals surface area contributed by atoms with Crippen LogP contribution in [-0.2, 0) is 0 Å². The molecule has 0 saturated carbocycles. The Kier molecular flexibility index (Phi) is 3.31. The highest BCUT2D eigenvalue weighted by atomic mass is 15.2. The largest absolute Gasteiger partial charge is 0.284 e. The topological polar surface area (TPSA) is 39.9 Å². The van der Waals surface area contributed by atoms with Gasteiger partial charge in [-0.05, 0) is 32.0 Å². The second-order valence-corrected chi connectivity index (χ2v) is 3.91. The summed E-state index contributed by atoms with van der Waals surface area (Å²) in [5, 5.41) is 9.21. The Morgan fingerprint density at radius 2 is 2.13 bits per heavy atom. The number of nitriles is 1. The number of hydrogen-bond donors (Lipinski definition) is 0. The number of pyridine rings is 1. The van der Waals surface area contributed by atoms with Crippen molar-refractivity contribution in [3.05, 3.63) is 30.1 Å². The molecule has 0 spiro atoms. The van der Waals surface area contributed by atoms with E-state index in [-0.39, 0.29) is 6.04 Å². The summed E-state index contributed by atoms with van der Waals surface area (Å²) < 4.78 is 0. The highest BCUT2D eigenvalue weighted by Crippen LogP contribution is 2.22. The average Bonchev–Trinajstić information content (AvgIpc) is 2.33. The van der Waals surface area contributed by atoms with Crippen LogP contribution in [0, 0.1) is 11.3 Å². The fraction of sp³-hybridized carbons (Fsp3) is 0.500. The Hall–Kier alpha value is -1.40. The van der Waals surface area contributed by atoms with Gasteiger partial charge in [-0.25, -0.2) is 0 Å². The Bertz CT molecular complexity index is 336. The van der Waals surface area contributed by atoms with Crippen LogP contribution in [-0.4, -0.2) is 23.0 Å². The number of rotatable bonds is 2. The molecule has 1 saturated heterocycles. The number of likely N-dealkylation sites (tertiary alicyclic amines) is 1. The molecule has 1 aliphatic rings. The molecule has 78 valence electrons. The zero-order valence-electron chi connectivity index (χ0n) is 8.76. The van der Waals surface area contributed by atoms with Gasteiger partial charge in [-0.3, -0.25) is 9.88 Å². The third-order valence-electron chi connectivity index (χ3n) is 2.88. The molecule has 0 bridgehead atoms. The summed E-state index contributed by atoms with van der Waals surface area (Å²) in [7, 11) is 0. The molecule has 1 fully saturated rings. The summed E-state index contributed by atoms with van der Waals surface area (Å²) in [5.74, 6) is 0. The Labute approximate surface area is 90.4 Å². The molecule has 0 radical (unpaired) electrons. The van der Waals surface area contributed by atoms with Gasteiger partial charge in [0.05, 0.1) is 6.07 Å². The maximum atomic E-state index is 9.21. The second-order valence-electron chi connectivity index (χ2n) is 3.91. The lowest BCUT2D eigenvalue weighted by atomic mass is 10.0. The van der Waals surface area contributed by atoms with Gasteiger partial charge in [0.25, 0.3) is 0 Å². The average molecular weight is 201 g/mol. The smallest absolute Gasteiger partial charge is 0.125 e. The van der Waals surface area contributed by atoms with Crippen molar-refractivity contribution in [2.45, 2.75) is 25.3 Å². The van der Waals surface area contributed by atoms with Crippen LogP contribution in [0.2, 0.25) is 0 Å². The van der Waals surface area contributed by atoms with Gasteiger partial charge < -0.3 is 0 Å². The van der Waals surface area contributed by atoms with Crippen LogP contribution >= 0.6 is 0 Å². The van der Waals surface area contributed by atoms with Gasteiger partial charge >= 0.3 is 0 Å². The second kappa shape index (κ2) is 4.90. The van der Waals surface area contributed by atoms with Crippen LogP contribution in [0.3, 0.4) is 0 Å². The van der Waals surface area contributed by atoms with Crippen molar-refractivity contribution in [1.29, 1.82) is 5.26 Å². The van der Waals surface area contributed by atoms with E-state index in [9.17, 15) is 5.26 Å². The predicted octanol–water partition coefficient (Wildman–Crippen LogP) is 2.13. The molecular weight excluding hydrogens is 186 g/mol. The number of nitrogens with zero attached hydrogens (tertiary/aromatic N) is 3. The molecule has 1 aromatic heterocycles. The first-order chi connectivity index (χ1) is 7.42. The van der Waals surface area contributed by atoms with Gasteiger partial charge in [0.15, 0.2) is 0 Å². The molecule has 2 heterocycles. The van der Waals surface area contributed by atoms with Crippen LogP contribution in [0.5, 0.6) is 0 Å². The summed E-state index contributed by atoms with van der Waals surface area (Å²) in [6.07, 6.45) is 7.25. The molecule has 3 nitrogen and oxygen atoms in total. The first kappa shape index (κ1) is 10.1. The minimum atomic E-state index is -0.112. The van der Waals surface area contributed by atoms with E-state index in [2.05, 4.69) is 16.0 Å². The summed E-state index contributed by atoms with van der Waals surface area (Å²) in [6, 6.07) is 6.14. The quantitative estimate of drug-likeness (QED) is 0.736. The first-order valence-corrected chi connectivity index (χ1v) is 5.45. The van der Waals surface area contributed by atoms with Gasteiger partial charge in [-0.2, -0.15) is 5.26 Å². The van der Waals surface area contributed by atoms with Crippen LogP contribution in [0.15, 0.2) is 24.5 Å². The lowest BCUT2D eigenvalue weighted by Gasteiger charge is -2.30. The maximum absolute atomic E-state index is 9.21. The Morgan fingerprint density at radius 1 is 1.33 bits per heavy atom. The van der Waals surface area contributed by atoms with Crippen LogP contribution < -0.4 is 0 Å². The van der Waals surface area contributed by atoms with E-state index in [0.717, 1.165) is 18.7 Å². The summed E-state index contributed by atoms with van der Waals surface area (Å²) in [5.41, 5.74) is 1.02. The molecule has 1 aromatic rings. The van der Waals surface area contributed by atoms with Gasteiger partial charge in [-0.15, -0.1) is 0 Å². The van der Waals surface area contributed by atoms with E-state index >= 15 is 0 Å². The molecule has 1 aliphatic heterocycles. The van der Waals surface area contributed by atoms with E-state index in [1.807, 2.05) is 12.1 Å². The lowest BCUT2D eigenvalue weighted by Crippen LogP contribution is -2.33. The van der Waals surface area contributed by atoms with Crippen LogP contribution in [0.25, 0.3) is 0 Å². The molecule has 0 aliphatic carbocycles. The molecule has 0 N–H and O–H groups in total. The molecule has 3 heteroatoms. The lowest BCUT2D eigenvalue weighted by molar-refractivity contribution is 0.196. The van der Waals surface area contributed by atoms with Crippen molar-refractivity contribution in [1.82, 2.24) is 9.88 Å². The van der Waals surface area contributed by atoms with Crippen LogP contribution in [0.1, 0.15) is 30.9 Å². The summed E-state index contributed by atoms with van der Waals surface area (Å²) in [6.45, 7) is 2.07. The van der Waals surface area contributed by atoms with Crippen molar-refractivity contribution < 1.29 is 0 Å². The monoisotopic (exact) mass is 201 g/mol. The molecule has 2 rings (SSSR count). The number of aromatic nitrogens is 1. The summed E-state index contributed by atoms with van der Waals surface area (Å²) >= 11 is 0. The molecule has 0 aromatic carbocycles. The van der Waals surface area contributed by atoms with E-state index in [1.165, 1.54) is 19.3 Å². The van der Waals surface area contributed by atoms with Crippen molar-refractivity contribution in [3.8, 4) is 6.07 Å². The molecule has 1 unspecified atom stereocenters. The van der Waals surface area contributed by atoms with Crippen molar-refractivity contribution in [2.24, 2.45) is 0 Å². The Balaban J connectivity index is 2.14. The molecule has 0 amide bonds. The third-order valence-corrected chi connectivity index (χ3v) is 2.88. The van der Waals surface area contributed by atoms with E-state index in [4.69, 9.17) is 0 Å². The van der Waals surface area contributed by atoms with E-state index < -0.39 is 0 Å².